The van der Waals surface area contributed by atoms with Gasteiger partial charge in [0, 0.05) is 5.56 Å². The SMILES string of the molecule is N#CCC=Cc1ccc(C(=O)CC(=O)C(F)(F)F)cc1. The van der Waals surface area contributed by atoms with Crippen molar-refractivity contribution in [2.45, 2.75) is 19.0 Å². The first-order valence-corrected chi connectivity index (χ1v) is 5.61. The Hall–Kier alpha value is -2.42. The summed E-state index contributed by atoms with van der Waals surface area (Å²) in [6.07, 6.45) is -2.67. The summed E-state index contributed by atoms with van der Waals surface area (Å²) in [6.45, 7) is 0. The molecule has 104 valence electrons. The second kappa shape index (κ2) is 6.66. The van der Waals surface area contributed by atoms with E-state index in [4.69, 9.17) is 5.26 Å². The fraction of sp³-hybridized carbons (Fsp3) is 0.214. The fourth-order valence-corrected chi connectivity index (χ4v) is 1.38. The topological polar surface area (TPSA) is 57.9 Å². The number of ketones is 2. The second-order valence-electron chi connectivity index (χ2n) is 3.91. The monoisotopic (exact) mass is 281 g/mol. The molecule has 0 unspecified atom stereocenters. The van der Waals surface area contributed by atoms with Crippen LogP contribution in [0.3, 0.4) is 0 Å². The van der Waals surface area contributed by atoms with Crippen LogP contribution in [0, 0.1) is 11.3 Å². The van der Waals surface area contributed by atoms with E-state index in [-0.39, 0.29) is 12.0 Å². The second-order valence-corrected chi connectivity index (χ2v) is 3.91. The summed E-state index contributed by atoms with van der Waals surface area (Å²) in [5.74, 6) is -2.93. The number of alkyl halides is 3. The van der Waals surface area contributed by atoms with Crippen LogP contribution < -0.4 is 0 Å². The van der Waals surface area contributed by atoms with Gasteiger partial charge in [-0.3, -0.25) is 9.59 Å². The van der Waals surface area contributed by atoms with Gasteiger partial charge in [0.2, 0.25) is 5.78 Å². The van der Waals surface area contributed by atoms with Crippen molar-refractivity contribution in [1.29, 1.82) is 5.26 Å². The minimum Gasteiger partial charge on any atom is -0.294 e. The van der Waals surface area contributed by atoms with Crippen LogP contribution in [0.2, 0.25) is 0 Å². The molecule has 0 aliphatic heterocycles. The Bertz CT molecular complexity index is 566. The highest BCUT2D eigenvalue weighted by Crippen LogP contribution is 2.19. The van der Waals surface area contributed by atoms with Crippen molar-refractivity contribution in [2.24, 2.45) is 0 Å². The van der Waals surface area contributed by atoms with E-state index in [0.717, 1.165) is 0 Å². The Morgan fingerprint density at radius 2 is 1.80 bits per heavy atom. The van der Waals surface area contributed by atoms with E-state index in [0.29, 0.717) is 5.56 Å². The molecule has 1 rings (SSSR count). The maximum atomic E-state index is 12.0. The molecular weight excluding hydrogens is 271 g/mol. The van der Waals surface area contributed by atoms with E-state index >= 15 is 0 Å². The standard InChI is InChI=1S/C14H10F3NO2/c15-14(16,17)13(20)9-12(19)11-6-4-10(5-7-11)3-1-2-8-18/h1,3-7H,2,9H2. The van der Waals surface area contributed by atoms with Gasteiger partial charge in [-0.25, -0.2) is 0 Å². The molecule has 0 bridgehead atoms. The maximum Gasteiger partial charge on any atom is 0.450 e. The number of rotatable bonds is 5. The van der Waals surface area contributed by atoms with Crippen molar-refractivity contribution in [2.75, 3.05) is 0 Å². The molecule has 6 heteroatoms. The zero-order valence-corrected chi connectivity index (χ0v) is 10.3. The van der Waals surface area contributed by atoms with Crippen LogP contribution in [0.15, 0.2) is 30.3 Å². The molecule has 0 saturated carbocycles. The lowest BCUT2D eigenvalue weighted by Gasteiger charge is -2.04. The number of carbonyl (C=O) groups is 2. The van der Waals surface area contributed by atoms with Gasteiger partial charge in [-0.15, -0.1) is 0 Å². The molecule has 3 nitrogen and oxygen atoms in total. The lowest BCUT2D eigenvalue weighted by atomic mass is 10.0. The number of Topliss-reactive ketones (excluding diaryl/α,β-unsaturated/α-hetero) is 2. The maximum absolute atomic E-state index is 12.0. The number of nitriles is 1. The Morgan fingerprint density at radius 1 is 1.20 bits per heavy atom. The third-order valence-corrected chi connectivity index (χ3v) is 2.39. The van der Waals surface area contributed by atoms with E-state index in [1.165, 1.54) is 24.3 Å². The lowest BCUT2D eigenvalue weighted by molar-refractivity contribution is -0.170. The molecule has 0 atom stereocenters. The first-order chi connectivity index (χ1) is 9.34. The zero-order chi connectivity index (χ0) is 15.2. The van der Waals surface area contributed by atoms with Gasteiger partial charge in [0.25, 0.3) is 0 Å². The molecule has 0 heterocycles. The normalized spacial score (nSPS) is 11.3. The molecule has 0 fully saturated rings. The minimum atomic E-state index is -4.99. The first kappa shape index (κ1) is 15.6. The summed E-state index contributed by atoms with van der Waals surface area (Å²) < 4.78 is 36.1. The zero-order valence-electron chi connectivity index (χ0n) is 10.3. The molecule has 0 saturated heterocycles. The summed E-state index contributed by atoms with van der Waals surface area (Å²) in [5, 5.41) is 8.34. The molecule has 0 N–H and O–H groups in total. The predicted molar refractivity (Wildman–Crippen MR) is 65.7 cm³/mol. The molecule has 0 spiro atoms. The number of allylic oxidation sites excluding steroid dienone is 1. The van der Waals surface area contributed by atoms with Crippen LogP contribution in [-0.2, 0) is 4.79 Å². The van der Waals surface area contributed by atoms with E-state index in [1.54, 1.807) is 12.2 Å². The van der Waals surface area contributed by atoms with Crippen molar-refractivity contribution in [1.82, 2.24) is 0 Å². The lowest BCUT2D eigenvalue weighted by Crippen LogP contribution is -2.25. The van der Waals surface area contributed by atoms with Crippen molar-refractivity contribution in [3.63, 3.8) is 0 Å². The minimum absolute atomic E-state index is 0.0417. The van der Waals surface area contributed by atoms with Gasteiger partial charge in [-0.1, -0.05) is 36.4 Å². The van der Waals surface area contributed by atoms with E-state index < -0.39 is 24.2 Å². The average molecular weight is 281 g/mol. The van der Waals surface area contributed by atoms with Gasteiger partial charge in [0.15, 0.2) is 5.78 Å². The fourth-order valence-electron chi connectivity index (χ4n) is 1.38. The first-order valence-electron chi connectivity index (χ1n) is 5.61. The van der Waals surface area contributed by atoms with Crippen molar-refractivity contribution in [3.8, 4) is 6.07 Å². The smallest absolute Gasteiger partial charge is 0.294 e. The van der Waals surface area contributed by atoms with Crippen molar-refractivity contribution < 1.29 is 22.8 Å². The molecule has 0 aromatic heterocycles. The van der Waals surface area contributed by atoms with E-state index in [9.17, 15) is 22.8 Å². The third kappa shape index (κ3) is 4.69. The molecule has 0 aliphatic carbocycles. The highest BCUT2D eigenvalue weighted by Gasteiger charge is 2.39. The quantitative estimate of drug-likeness (QED) is 0.614. The van der Waals surface area contributed by atoms with Crippen LogP contribution in [0.1, 0.15) is 28.8 Å². The molecule has 1 aromatic rings. The Morgan fingerprint density at radius 3 is 2.30 bits per heavy atom. The Labute approximate surface area is 113 Å². The average Bonchev–Trinajstić information content (AvgIpc) is 2.38. The molecule has 1 aromatic carbocycles. The van der Waals surface area contributed by atoms with Crippen molar-refractivity contribution >= 4 is 17.6 Å². The van der Waals surface area contributed by atoms with Gasteiger partial charge in [0.1, 0.15) is 0 Å². The Kier molecular flexibility index (Phi) is 5.21. The largest absolute Gasteiger partial charge is 0.450 e. The highest BCUT2D eigenvalue weighted by atomic mass is 19.4. The molecule has 0 amide bonds. The third-order valence-electron chi connectivity index (χ3n) is 2.39. The molecule has 20 heavy (non-hydrogen) atoms. The number of hydrogen-bond donors (Lipinski definition) is 0. The summed E-state index contributed by atoms with van der Waals surface area (Å²) in [4.78, 5) is 22.2. The van der Waals surface area contributed by atoms with Crippen LogP contribution in [-0.4, -0.2) is 17.7 Å². The van der Waals surface area contributed by atoms with Gasteiger partial charge in [-0.05, 0) is 5.56 Å². The van der Waals surface area contributed by atoms with Crippen LogP contribution in [0.25, 0.3) is 6.08 Å². The number of halogens is 3. The summed E-state index contributed by atoms with van der Waals surface area (Å²) in [7, 11) is 0. The van der Waals surface area contributed by atoms with Gasteiger partial charge >= 0.3 is 6.18 Å². The number of benzene rings is 1. The molecule has 0 aliphatic rings. The molecule has 0 radical (unpaired) electrons. The van der Waals surface area contributed by atoms with E-state index in [1.807, 2.05) is 6.07 Å². The van der Waals surface area contributed by atoms with Crippen LogP contribution in [0.4, 0.5) is 13.2 Å². The summed E-state index contributed by atoms with van der Waals surface area (Å²) >= 11 is 0. The number of carbonyl (C=O) groups excluding carboxylic acids is 2. The van der Waals surface area contributed by atoms with Gasteiger partial charge in [-0.2, -0.15) is 18.4 Å². The number of hydrogen-bond acceptors (Lipinski definition) is 3. The summed E-state index contributed by atoms with van der Waals surface area (Å²) in [5.41, 5.74) is 0.749. The predicted octanol–water partition coefficient (Wildman–Crippen LogP) is 3.32. The van der Waals surface area contributed by atoms with Crippen molar-refractivity contribution in [3.05, 3.63) is 41.5 Å². The Balaban J connectivity index is 2.72. The van der Waals surface area contributed by atoms with Crippen LogP contribution in [0.5, 0.6) is 0 Å². The van der Waals surface area contributed by atoms with Gasteiger partial charge < -0.3 is 0 Å². The number of nitrogens with zero attached hydrogens (tertiary/aromatic N) is 1. The van der Waals surface area contributed by atoms with Gasteiger partial charge in [0.05, 0.1) is 18.9 Å². The molecular formula is C14H10F3NO2. The van der Waals surface area contributed by atoms with E-state index in [2.05, 4.69) is 0 Å². The van der Waals surface area contributed by atoms with Crippen LogP contribution >= 0.6 is 0 Å². The summed E-state index contributed by atoms with van der Waals surface area (Å²) in [6, 6.07) is 7.66. The highest BCUT2D eigenvalue weighted by molar-refractivity contribution is 6.09.